The molecular weight excluding hydrogens is 379 g/mol. The van der Waals surface area contributed by atoms with Crippen molar-refractivity contribution in [3.8, 4) is 0 Å². The van der Waals surface area contributed by atoms with E-state index in [-0.39, 0.29) is 5.95 Å². The van der Waals surface area contributed by atoms with E-state index in [2.05, 4.69) is 47.8 Å². The highest BCUT2D eigenvalue weighted by Crippen LogP contribution is 2.22. The molecular formula is C14H17IN6. The second-order valence-corrected chi connectivity index (χ2v) is 6.13. The van der Waals surface area contributed by atoms with Crippen LogP contribution in [0.15, 0.2) is 24.3 Å². The molecule has 0 amide bonds. The van der Waals surface area contributed by atoms with Crippen LogP contribution in [-0.4, -0.2) is 28.0 Å². The number of nitrogens with two attached hydrogens (primary N) is 1. The monoisotopic (exact) mass is 396 g/mol. The van der Waals surface area contributed by atoms with Crippen molar-refractivity contribution in [2.24, 2.45) is 0 Å². The molecule has 3 N–H and O–H groups in total. The molecule has 0 aliphatic carbocycles. The van der Waals surface area contributed by atoms with Gasteiger partial charge in [-0.1, -0.05) is 12.1 Å². The Bertz CT molecular complexity index is 627. The minimum absolute atomic E-state index is 0.249. The third kappa shape index (κ3) is 3.52. The van der Waals surface area contributed by atoms with E-state index in [0.29, 0.717) is 11.9 Å². The molecule has 0 saturated carbocycles. The van der Waals surface area contributed by atoms with Crippen LogP contribution in [0.25, 0.3) is 0 Å². The number of aromatic nitrogens is 3. The van der Waals surface area contributed by atoms with Gasteiger partial charge in [0.15, 0.2) is 0 Å². The van der Waals surface area contributed by atoms with Gasteiger partial charge in [0.1, 0.15) is 0 Å². The number of para-hydroxylation sites is 1. The number of nitrogen functional groups attached to an aromatic ring is 1. The van der Waals surface area contributed by atoms with Crippen molar-refractivity contribution in [3.05, 3.63) is 27.8 Å². The normalized spacial score (nSPS) is 15.0. The summed E-state index contributed by atoms with van der Waals surface area (Å²) in [5.74, 6) is 1.40. The standard InChI is InChI=1S/C14H17IN6/c15-10-6-2-3-7-11(10)17-13-18-12(16)19-14(20-13)21-8-4-1-5-9-21/h2-3,6-7H,1,4-5,8-9H2,(H3,16,17,18,19,20). The van der Waals surface area contributed by atoms with Crippen LogP contribution >= 0.6 is 22.6 Å². The van der Waals surface area contributed by atoms with Crippen LogP contribution in [0.4, 0.5) is 23.5 Å². The first-order valence-electron chi connectivity index (χ1n) is 7.00. The molecule has 1 aliphatic heterocycles. The van der Waals surface area contributed by atoms with Gasteiger partial charge in [0.25, 0.3) is 0 Å². The van der Waals surface area contributed by atoms with Gasteiger partial charge in [-0.15, -0.1) is 0 Å². The number of hydrogen-bond donors (Lipinski definition) is 2. The smallest absolute Gasteiger partial charge is 0.233 e. The summed E-state index contributed by atoms with van der Waals surface area (Å²) in [6, 6.07) is 7.98. The molecule has 0 unspecified atom stereocenters. The summed E-state index contributed by atoms with van der Waals surface area (Å²) in [5, 5.41) is 3.22. The molecule has 2 aromatic rings. The maximum Gasteiger partial charge on any atom is 0.233 e. The van der Waals surface area contributed by atoms with Crippen molar-refractivity contribution < 1.29 is 0 Å². The second kappa shape index (κ2) is 6.42. The molecule has 6 nitrogen and oxygen atoms in total. The number of benzene rings is 1. The van der Waals surface area contributed by atoms with E-state index in [1.165, 1.54) is 19.3 Å². The molecule has 0 radical (unpaired) electrons. The van der Waals surface area contributed by atoms with Gasteiger partial charge in [-0.05, 0) is 54.0 Å². The second-order valence-electron chi connectivity index (χ2n) is 4.97. The van der Waals surface area contributed by atoms with E-state index in [1.807, 2.05) is 24.3 Å². The molecule has 1 fully saturated rings. The van der Waals surface area contributed by atoms with Gasteiger partial charge in [0.05, 0.1) is 5.69 Å². The molecule has 7 heteroatoms. The zero-order valence-electron chi connectivity index (χ0n) is 11.6. The Morgan fingerprint density at radius 3 is 2.57 bits per heavy atom. The third-order valence-electron chi connectivity index (χ3n) is 3.40. The number of nitrogens with zero attached hydrogens (tertiary/aromatic N) is 4. The minimum Gasteiger partial charge on any atom is -0.368 e. The van der Waals surface area contributed by atoms with E-state index in [0.717, 1.165) is 22.3 Å². The molecule has 0 bridgehead atoms. The number of nitrogens with one attached hydrogen (secondary N) is 1. The first-order chi connectivity index (χ1) is 10.2. The summed E-state index contributed by atoms with van der Waals surface area (Å²) in [5.41, 5.74) is 6.79. The van der Waals surface area contributed by atoms with Gasteiger partial charge in [-0.3, -0.25) is 0 Å². The van der Waals surface area contributed by atoms with Crippen LogP contribution in [0.5, 0.6) is 0 Å². The number of anilines is 4. The van der Waals surface area contributed by atoms with Crippen LogP contribution in [0.1, 0.15) is 19.3 Å². The Morgan fingerprint density at radius 1 is 1.05 bits per heavy atom. The molecule has 1 saturated heterocycles. The predicted molar refractivity (Wildman–Crippen MR) is 92.7 cm³/mol. The fourth-order valence-corrected chi connectivity index (χ4v) is 2.88. The summed E-state index contributed by atoms with van der Waals surface area (Å²) in [6.45, 7) is 1.96. The van der Waals surface area contributed by atoms with Gasteiger partial charge in [-0.25, -0.2) is 0 Å². The van der Waals surface area contributed by atoms with Crippen molar-refractivity contribution in [2.45, 2.75) is 19.3 Å². The molecule has 1 aromatic heterocycles. The van der Waals surface area contributed by atoms with Crippen LogP contribution < -0.4 is 16.0 Å². The summed E-state index contributed by atoms with van der Waals surface area (Å²) in [6.07, 6.45) is 3.61. The van der Waals surface area contributed by atoms with Crippen LogP contribution in [0, 0.1) is 3.57 Å². The number of piperidine rings is 1. The lowest BCUT2D eigenvalue weighted by atomic mass is 10.1. The van der Waals surface area contributed by atoms with Gasteiger partial charge in [0.2, 0.25) is 17.8 Å². The zero-order chi connectivity index (χ0) is 14.7. The molecule has 1 aliphatic rings. The zero-order valence-corrected chi connectivity index (χ0v) is 13.7. The lowest BCUT2D eigenvalue weighted by molar-refractivity contribution is 0.568. The average molecular weight is 396 g/mol. The Morgan fingerprint density at radius 2 is 1.81 bits per heavy atom. The number of halogens is 1. The van der Waals surface area contributed by atoms with E-state index in [4.69, 9.17) is 5.73 Å². The van der Waals surface area contributed by atoms with E-state index in [9.17, 15) is 0 Å². The Kier molecular flexibility index (Phi) is 4.37. The predicted octanol–water partition coefficient (Wildman–Crippen LogP) is 2.79. The highest BCUT2D eigenvalue weighted by atomic mass is 127. The SMILES string of the molecule is Nc1nc(Nc2ccccc2I)nc(N2CCCCC2)n1. The number of rotatable bonds is 3. The molecule has 3 rings (SSSR count). The van der Waals surface area contributed by atoms with Gasteiger partial charge >= 0.3 is 0 Å². The summed E-state index contributed by atoms with van der Waals surface area (Å²) < 4.78 is 1.11. The van der Waals surface area contributed by atoms with Gasteiger partial charge in [-0.2, -0.15) is 15.0 Å². The first kappa shape index (κ1) is 14.3. The highest BCUT2D eigenvalue weighted by Gasteiger charge is 2.15. The Hall–Kier alpha value is -1.64. The van der Waals surface area contributed by atoms with Crippen molar-refractivity contribution in [1.82, 2.24) is 15.0 Å². The van der Waals surface area contributed by atoms with E-state index >= 15 is 0 Å². The van der Waals surface area contributed by atoms with Gasteiger partial charge in [0, 0.05) is 16.7 Å². The Balaban J connectivity index is 1.85. The van der Waals surface area contributed by atoms with Crippen molar-refractivity contribution in [1.29, 1.82) is 0 Å². The van der Waals surface area contributed by atoms with Crippen molar-refractivity contribution in [3.63, 3.8) is 0 Å². The minimum atomic E-state index is 0.249. The summed E-state index contributed by atoms with van der Waals surface area (Å²) in [4.78, 5) is 15.1. The fraction of sp³-hybridized carbons (Fsp3) is 0.357. The van der Waals surface area contributed by atoms with Gasteiger partial charge < -0.3 is 16.0 Å². The van der Waals surface area contributed by atoms with Crippen LogP contribution in [0.2, 0.25) is 0 Å². The molecule has 0 atom stereocenters. The highest BCUT2D eigenvalue weighted by molar-refractivity contribution is 14.1. The van der Waals surface area contributed by atoms with Crippen LogP contribution in [-0.2, 0) is 0 Å². The Labute approximate surface area is 137 Å². The van der Waals surface area contributed by atoms with Crippen LogP contribution in [0.3, 0.4) is 0 Å². The third-order valence-corrected chi connectivity index (χ3v) is 4.34. The van der Waals surface area contributed by atoms with Crippen molar-refractivity contribution in [2.75, 3.05) is 29.0 Å². The topological polar surface area (TPSA) is 80.0 Å². The maximum atomic E-state index is 5.83. The molecule has 0 spiro atoms. The largest absolute Gasteiger partial charge is 0.368 e. The quantitative estimate of drug-likeness (QED) is 0.777. The summed E-state index contributed by atoms with van der Waals surface area (Å²) >= 11 is 2.27. The van der Waals surface area contributed by atoms with E-state index in [1.54, 1.807) is 0 Å². The van der Waals surface area contributed by atoms with E-state index < -0.39 is 0 Å². The van der Waals surface area contributed by atoms with Crippen molar-refractivity contribution >= 4 is 46.1 Å². The molecule has 110 valence electrons. The fourth-order valence-electron chi connectivity index (χ4n) is 2.35. The first-order valence-corrected chi connectivity index (χ1v) is 8.08. The summed E-state index contributed by atoms with van der Waals surface area (Å²) in [7, 11) is 0. The lowest BCUT2D eigenvalue weighted by Crippen LogP contribution is -2.31. The maximum absolute atomic E-state index is 5.83. The molecule has 2 heterocycles. The number of hydrogen-bond acceptors (Lipinski definition) is 6. The average Bonchev–Trinajstić information content (AvgIpc) is 2.50. The molecule has 1 aromatic carbocycles. The molecule has 21 heavy (non-hydrogen) atoms. The lowest BCUT2D eigenvalue weighted by Gasteiger charge is -2.26.